The Hall–Kier alpha value is -1.10. The number of piperidine rings is 1. The van der Waals surface area contributed by atoms with E-state index >= 15 is 0 Å². The van der Waals surface area contributed by atoms with E-state index in [1.165, 1.54) is 0 Å². The lowest BCUT2D eigenvalue weighted by Gasteiger charge is -2.28. The summed E-state index contributed by atoms with van der Waals surface area (Å²) in [7, 11) is 0. The van der Waals surface area contributed by atoms with E-state index in [9.17, 15) is 9.59 Å². The minimum absolute atomic E-state index is 0.0474. The first-order valence-electron chi connectivity index (χ1n) is 5.97. The van der Waals surface area contributed by atoms with Crippen LogP contribution < -0.4 is 16.4 Å². The van der Waals surface area contributed by atoms with Gasteiger partial charge in [-0.15, -0.1) is 0 Å². The molecule has 1 atom stereocenters. The molecule has 5 nitrogen and oxygen atoms in total. The quantitative estimate of drug-likeness (QED) is 0.600. The molecule has 1 saturated carbocycles. The van der Waals surface area contributed by atoms with Gasteiger partial charge in [-0.2, -0.15) is 0 Å². The molecule has 0 bridgehead atoms. The molecular formula is C11H19N3O2. The van der Waals surface area contributed by atoms with E-state index in [4.69, 9.17) is 5.73 Å². The lowest BCUT2D eigenvalue weighted by molar-refractivity contribution is -0.128. The molecule has 5 heteroatoms. The topological polar surface area (TPSA) is 84.2 Å². The zero-order valence-corrected chi connectivity index (χ0v) is 9.42. The van der Waals surface area contributed by atoms with Crippen LogP contribution in [0.5, 0.6) is 0 Å². The maximum atomic E-state index is 12.0. The minimum atomic E-state index is -0.665. The zero-order valence-electron chi connectivity index (χ0n) is 9.42. The van der Waals surface area contributed by atoms with Crippen LogP contribution in [0.3, 0.4) is 0 Å². The predicted octanol–water partition coefficient (Wildman–Crippen LogP) is -0.347. The summed E-state index contributed by atoms with van der Waals surface area (Å²) in [6, 6.07) is 0.0474. The second kappa shape index (κ2) is 4.41. The smallest absolute Gasteiger partial charge is 0.240 e. The van der Waals surface area contributed by atoms with Crippen molar-refractivity contribution in [3.05, 3.63) is 0 Å². The van der Waals surface area contributed by atoms with Crippen molar-refractivity contribution in [1.29, 1.82) is 0 Å². The van der Waals surface area contributed by atoms with Crippen molar-refractivity contribution >= 4 is 11.8 Å². The summed E-state index contributed by atoms with van der Waals surface area (Å²) in [6.07, 6.45) is 4.82. The van der Waals surface area contributed by atoms with E-state index < -0.39 is 5.54 Å². The molecule has 0 radical (unpaired) electrons. The Kier molecular flexibility index (Phi) is 3.14. The van der Waals surface area contributed by atoms with Crippen molar-refractivity contribution < 1.29 is 9.59 Å². The summed E-state index contributed by atoms with van der Waals surface area (Å²) < 4.78 is 0. The number of nitrogens with one attached hydrogen (secondary N) is 2. The minimum Gasteiger partial charge on any atom is -0.354 e. The van der Waals surface area contributed by atoms with E-state index in [0.717, 1.165) is 25.7 Å². The zero-order chi connectivity index (χ0) is 11.6. The Morgan fingerprint density at radius 3 is 2.69 bits per heavy atom. The van der Waals surface area contributed by atoms with Crippen LogP contribution in [0.1, 0.15) is 38.5 Å². The fourth-order valence-electron chi connectivity index (χ4n) is 2.42. The second-order valence-electron chi connectivity index (χ2n) is 4.88. The van der Waals surface area contributed by atoms with Crippen molar-refractivity contribution in [2.45, 2.75) is 50.1 Å². The number of carbonyl (C=O) groups excluding carboxylic acids is 2. The van der Waals surface area contributed by atoms with Gasteiger partial charge in [0, 0.05) is 19.0 Å². The number of nitrogens with two attached hydrogens (primary N) is 1. The van der Waals surface area contributed by atoms with Crippen LogP contribution in [-0.4, -0.2) is 29.9 Å². The van der Waals surface area contributed by atoms with Crippen molar-refractivity contribution in [2.75, 3.05) is 6.54 Å². The molecule has 90 valence electrons. The lowest BCUT2D eigenvalue weighted by Crippen LogP contribution is -2.57. The Bertz CT molecular complexity index is 288. The van der Waals surface area contributed by atoms with Gasteiger partial charge in [-0.1, -0.05) is 12.8 Å². The molecule has 0 aromatic rings. The highest BCUT2D eigenvalue weighted by Crippen LogP contribution is 2.27. The summed E-state index contributed by atoms with van der Waals surface area (Å²) in [5, 5.41) is 5.69. The molecule has 1 saturated heterocycles. The maximum Gasteiger partial charge on any atom is 0.240 e. The molecule has 0 aromatic carbocycles. The van der Waals surface area contributed by atoms with E-state index in [-0.39, 0.29) is 17.9 Å². The molecule has 2 rings (SSSR count). The standard InChI is InChI=1S/C11H19N3O2/c12-11(5-1-2-6-11)10(16)14-8-3-4-9(15)13-7-8/h8H,1-7,12H2,(H,13,15)(H,14,16). The Morgan fingerprint density at radius 1 is 1.44 bits per heavy atom. The molecule has 1 unspecified atom stereocenters. The molecule has 1 aliphatic carbocycles. The molecule has 0 spiro atoms. The average Bonchev–Trinajstić information content (AvgIpc) is 2.70. The number of rotatable bonds is 2. The summed E-state index contributed by atoms with van der Waals surface area (Å²) in [6.45, 7) is 0.528. The monoisotopic (exact) mass is 225 g/mol. The van der Waals surface area contributed by atoms with Crippen LogP contribution >= 0.6 is 0 Å². The number of hydrogen-bond donors (Lipinski definition) is 3. The third kappa shape index (κ3) is 2.35. The molecule has 2 fully saturated rings. The van der Waals surface area contributed by atoms with Gasteiger partial charge in [-0.05, 0) is 19.3 Å². The number of carbonyl (C=O) groups is 2. The normalized spacial score (nSPS) is 28.6. The van der Waals surface area contributed by atoms with E-state index in [1.807, 2.05) is 0 Å². The summed E-state index contributed by atoms with van der Waals surface area (Å²) >= 11 is 0. The first kappa shape index (κ1) is 11.4. The van der Waals surface area contributed by atoms with Crippen LogP contribution in [0.25, 0.3) is 0 Å². The molecule has 1 aliphatic heterocycles. The van der Waals surface area contributed by atoms with Gasteiger partial charge >= 0.3 is 0 Å². The highest BCUT2D eigenvalue weighted by molar-refractivity contribution is 5.87. The summed E-state index contributed by atoms with van der Waals surface area (Å²) in [4.78, 5) is 22.9. The maximum absolute atomic E-state index is 12.0. The van der Waals surface area contributed by atoms with Gasteiger partial charge < -0.3 is 16.4 Å². The van der Waals surface area contributed by atoms with Crippen LogP contribution in [0.2, 0.25) is 0 Å². The largest absolute Gasteiger partial charge is 0.354 e. The number of hydrogen-bond acceptors (Lipinski definition) is 3. The first-order chi connectivity index (χ1) is 7.60. The summed E-state index contributed by atoms with van der Waals surface area (Å²) in [5.41, 5.74) is 5.38. The second-order valence-corrected chi connectivity index (χ2v) is 4.88. The van der Waals surface area contributed by atoms with Gasteiger partial charge in [0.15, 0.2) is 0 Å². The molecule has 2 aliphatic rings. The van der Waals surface area contributed by atoms with Crippen LogP contribution in [0.4, 0.5) is 0 Å². The highest BCUT2D eigenvalue weighted by atomic mass is 16.2. The van der Waals surface area contributed by atoms with Crippen LogP contribution in [-0.2, 0) is 9.59 Å². The van der Waals surface area contributed by atoms with Crippen molar-refractivity contribution in [3.63, 3.8) is 0 Å². The third-order valence-corrected chi connectivity index (χ3v) is 3.55. The van der Waals surface area contributed by atoms with Crippen LogP contribution in [0.15, 0.2) is 0 Å². The molecule has 1 heterocycles. The Labute approximate surface area is 95.1 Å². The van der Waals surface area contributed by atoms with Crippen molar-refractivity contribution in [2.24, 2.45) is 5.73 Å². The fraction of sp³-hybridized carbons (Fsp3) is 0.818. The molecule has 2 amide bonds. The number of amides is 2. The molecule has 0 aromatic heterocycles. The van der Waals surface area contributed by atoms with E-state index in [1.54, 1.807) is 0 Å². The van der Waals surface area contributed by atoms with Gasteiger partial charge in [0.25, 0.3) is 0 Å². The summed E-state index contributed by atoms with van der Waals surface area (Å²) in [5.74, 6) is 0.0139. The van der Waals surface area contributed by atoms with Gasteiger partial charge in [-0.3, -0.25) is 9.59 Å². The SMILES string of the molecule is NC1(C(=O)NC2CCC(=O)NC2)CCCC1. The fourth-order valence-corrected chi connectivity index (χ4v) is 2.42. The van der Waals surface area contributed by atoms with Crippen LogP contribution in [0, 0.1) is 0 Å². The molecule has 16 heavy (non-hydrogen) atoms. The van der Waals surface area contributed by atoms with Crippen molar-refractivity contribution in [1.82, 2.24) is 10.6 Å². The first-order valence-corrected chi connectivity index (χ1v) is 5.97. The van der Waals surface area contributed by atoms with E-state index in [2.05, 4.69) is 10.6 Å². The Balaban J connectivity index is 1.85. The Morgan fingerprint density at radius 2 is 2.12 bits per heavy atom. The van der Waals surface area contributed by atoms with Gasteiger partial charge in [0.05, 0.1) is 5.54 Å². The molecule has 4 N–H and O–H groups in total. The average molecular weight is 225 g/mol. The molecular weight excluding hydrogens is 206 g/mol. The van der Waals surface area contributed by atoms with Gasteiger partial charge in [0.1, 0.15) is 0 Å². The van der Waals surface area contributed by atoms with Gasteiger partial charge in [0.2, 0.25) is 11.8 Å². The predicted molar refractivity (Wildman–Crippen MR) is 59.6 cm³/mol. The third-order valence-electron chi connectivity index (χ3n) is 3.55. The van der Waals surface area contributed by atoms with E-state index in [0.29, 0.717) is 19.4 Å². The highest BCUT2D eigenvalue weighted by Gasteiger charge is 2.38. The van der Waals surface area contributed by atoms with Crippen molar-refractivity contribution in [3.8, 4) is 0 Å². The lowest BCUT2D eigenvalue weighted by atomic mass is 9.96. The van der Waals surface area contributed by atoms with Gasteiger partial charge in [-0.25, -0.2) is 0 Å².